The maximum Gasteiger partial charge on any atom is 0.256 e. The maximum absolute atomic E-state index is 13.5. The van der Waals surface area contributed by atoms with Crippen LogP contribution in [0.3, 0.4) is 0 Å². The van der Waals surface area contributed by atoms with Crippen LogP contribution in [0.5, 0.6) is 11.5 Å². The Morgan fingerprint density at radius 2 is 2.12 bits per heavy atom. The zero-order valence-electron chi connectivity index (χ0n) is 17.8. The molecular weight excluding hydrogens is 478 g/mol. The molecule has 0 radical (unpaired) electrons. The van der Waals surface area contributed by atoms with Gasteiger partial charge in [-0.25, -0.2) is 0 Å². The van der Waals surface area contributed by atoms with Crippen LogP contribution in [0.25, 0.3) is 0 Å². The van der Waals surface area contributed by atoms with Gasteiger partial charge >= 0.3 is 0 Å². The van der Waals surface area contributed by atoms with Crippen molar-refractivity contribution in [3.63, 3.8) is 0 Å². The summed E-state index contributed by atoms with van der Waals surface area (Å²) in [6.07, 6.45) is 1.68. The molecule has 32 heavy (non-hydrogen) atoms. The smallest absolute Gasteiger partial charge is 0.256 e. The Kier molecular flexibility index (Phi) is 5.13. The first-order chi connectivity index (χ1) is 15.4. The van der Waals surface area contributed by atoms with Gasteiger partial charge in [0.05, 0.1) is 24.1 Å². The summed E-state index contributed by atoms with van der Waals surface area (Å²) in [6.45, 7) is 2.99. The fraction of sp³-hybridized carbons (Fsp3) is 0.435. The van der Waals surface area contributed by atoms with E-state index in [4.69, 9.17) is 9.47 Å². The summed E-state index contributed by atoms with van der Waals surface area (Å²) >= 11 is 3.56. The van der Waals surface area contributed by atoms with Crippen molar-refractivity contribution in [3.05, 3.63) is 62.1 Å². The van der Waals surface area contributed by atoms with Gasteiger partial charge in [-0.1, -0.05) is 18.2 Å². The van der Waals surface area contributed by atoms with Gasteiger partial charge in [0.15, 0.2) is 17.0 Å². The second kappa shape index (κ2) is 7.74. The number of benzene rings is 2. The third-order valence-electron chi connectivity index (χ3n) is 7.02. The standard InChI is InChI=1S/C23H24BrN3O5/c1-3-32-20-15(24)11-13(12-18(20)31-2)19-17-9-6-10-26(17)23(21(19)27(29)30)14-7-4-5-8-16(14)25-22(23)28/h4-5,7-8,11-12,17,19,21H,3,6,9-10H2,1-2H3,(H,25,28)/t17-,19+,21+,23+/m0/s1. The molecule has 0 aromatic heterocycles. The van der Waals surface area contributed by atoms with E-state index in [-0.39, 0.29) is 16.9 Å². The van der Waals surface area contributed by atoms with Gasteiger partial charge in [-0.2, -0.15) is 0 Å². The summed E-state index contributed by atoms with van der Waals surface area (Å²) in [5.41, 5.74) is 0.786. The summed E-state index contributed by atoms with van der Waals surface area (Å²) in [5.74, 6) is 0.286. The summed E-state index contributed by atoms with van der Waals surface area (Å²) in [5, 5.41) is 15.6. The van der Waals surface area contributed by atoms with Crippen LogP contribution in [-0.4, -0.2) is 48.1 Å². The molecule has 2 fully saturated rings. The summed E-state index contributed by atoms with van der Waals surface area (Å²) in [6, 6.07) is 9.77. The molecule has 0 bridgehead atoms. The van der Waals surface area contributed by atoms with E-state index in [0.29, 0.717) is 40.4 Å². The van der Waals surface area contributed by atoms with E-state index in [1.165, 1.54) is 0 Å². The number of ether oxygens (including phenoxy) is 2. The normalized spacial score (nSPS) is 28.5. The Bertz CT molecular complexity index is 1110. The van der Waals surface area contributed by atoms with Gasteiger partial charge in [0.2, 0.25) is 0 Å². The maximum atomic E-state index is 13.5. The van der Waals surface area contributed by atoms with Crippen LogP contribution in [0.15, 0.2) is 40.9 Å². The minimum atomic E-state index is -1.33. The van der Waals surface area contributed by atoms with Gasteiger partial charge in [0, 0.05) is 28.8 Å². The first-order valence-corrected chi connectivity index (χ1v) is 11.6. The molecule has 3 heterocycles. The molecule has 1 amide bonds. The highest BCUT2D eigenvalue weighted by Crippen LogP contribution is 2.58. The SMILES string of the molecule is CCOc1c(Br)cc([C@@H]2[C@@H]3CCCN3[C@@]3(C(=O)Nc4ccccc43)[C@@H]2[N+](=O)[O-])cc1OC. The van der Waals surface area contributed by atoms with Crippen LogP contribution in [0.4, 0.5) is 5.69 Å². The van der Waals surface area contributed by atoms with Gasteiger partial charge in [0.1, 0.15) is 0 Å². The monoisotopic (exact) mass is 501 g/mol. The zero-order valence-corrected chi connectivity index (χ0v) is 19.4. The van der Waals surface area contributed by atoms with E-state index in [2.05, 4.69) is 26.1 Å². The van der Waals surface area contributed by atoms with Crippen molar-refractivity contribution < 1.29 is 19.2 Å². The number of carbonyl (C=O) groups excluding carboxylic acids is 1. The molecule has 168 valence electrons. The van der Waals surface area contributed by atoms with Crippen molar-refractivity contribution in [3.8, 4) is 11.5 Å². The van der Waals surface area contributed by atoms with Gasteiger partial charge in [-0.15, -0.1) is 0 Å². The number of nitrogens with zero attached hydrogens (tertiary/aromatic N) is 2. The van der Waals surface area contributed by atoms with Crippen LogP contribution in [-0.2, 0) is 10.3 Å². The third kappa shape index (κ3) is 2.73. The lowest BCUT2D eigenvalue weighted by Gasteiger charge is -2.32. The summed E-state index contributed by atoms with van der Waals surface area (Å²) in [7, 11) is 1.55. The van der Waals surface area contributed by atoms with E-state index in [1.807, 2.05) is 43.3 Å². The van der Waals surface area contributed by atoms with Crippen LogP contribution in [0.2, 0.25) is 0 Å². The molecule has 3 aliphatic rings. The average Bonchev–Trinajstić information content (AvgIpc) is 3.43. The molecule has 2 aromatic carbocycles. The minimum Gasteiger partial charge on any atom is -0.493 e. The molecule has 4 atom stereocenters. The van der Waals surface area contributed by atoms with E-state index in [9.17, 15) is 14.9 Å². The number of nitro groups is 1. The molecule has 9 heteroatoms. The van der Waals surface area contributed by atoms with Crippen molar-refractivity contribution >= 4 is 27.5 Å². The molecule has 8 nitrogen and oxygen atoms in total. The second-order valence-corrected chi connectivity index (χ2v) is 9.25. The highest BCUT2D eigenvalue weighted by atomic mass is 79.9. The molecule has 5 rings (SSSR count). The Labute approximate surface area is 194 Å². The topological polar surface area (TPSA) is 93.9 Å². The highest BCUT2D eigenvalue weighted by Gasteiger charge is 2.73. The van der Waals surface area contributed by atoms with Gasteiger partial charge in [-0.05, 0) is 59.5 Å². The molecular formula is C23H24BrN3O5. The first kappa shape index (κ1) is 21.2. The Morgan fingerprint density at radius 3 is 2.84 bits per heavy atom. The lowest BCUT2D eigenvalue weighted by molar-refractivity contribution is -0.534. The summed E-state index contributed by atoms with van der Waals surface area (Å²) in [4.78, 5) is 28.0. The molecule has 2 saturated heterocycles. The van der Waals surface area contributed by atoms with Crippen LogP contribution in [0.1, 0.15) is 36.8 Å². The van der Waals surface area contributed by atoms with Gasteiger partial charge in [-0.3, -0.25) is 19.8 Å². The number of para-hydroxylation sites is 1. The predicted molar refractivity (Wildman–Crippen MR) is 122 cm³/mol. The number of rotatable bonds is 5. The van der Waals surface area contributed by atoms with Gasteiger partial charge < -0.3 is 14.8 Å². The number of methoxy groups -OCH3 is 1. The fourth-order valence-corrected chi connectivity index (χ4v) is 6.57. The number of anilines is 1. The number of hydrogen-bond donors (Lipinski definition) is 1. The van der Waals surface area contributed by atoms with Crippen LogP contribution in [0, 0.1) is 10.1 Å². The van der Waals surface area contributed by atoms with Crippen molar-refractivity contribution in [2.75, 3.05) is 25.6 Å². The summed E-state index contributed by atoms with van der Waals surface area (Å²) < 4.78 is 12.0. The molecule has 1 N–H and O–H groups in total. The van der Waals surface area contributed by atoms with Crippen molar-refractivity contribution in [1.29, 1.82) is 0 Å². The molecule has 2 aromatic rings. The fourth-order valence-electron chi connectivity index (χ4n) is 5.99. The van der Waals surface area contributed by atoms with E-state index < -0.39 is 17.5 Å². The number of halogens is 1. The van der Waals surface area contributed by atoms with E-state index in [0.717, 1.165) is 18.4 Å². The number of hydrogen-bond acceptors (Lipinski definition) is 6. The Hall–Kier alpha value is -2.65. The molecule has 0 saturated carbocycles. The van der Waals surface area contributed by atoms with Gasteiger partial charge in [0.25, 0.3) is 11.9 Å². The predicted octanol–water partition coefficient (Wildman–Crippen LogP) is 3.91. The third-order valence-corrected chi connectivity index (χ3v) is 7.61. The number of amides is 1. The molecule has 1 spiro atoms. The number of carbonyl (C=O) groups is 1. The minimum absolute atomic E-state index is 0.128. The molecule has 0 unspecified atom stereocenters. The zero-order chi connectivity index (χ0) is 22.6. The molecule has 3 aliphatic heterocycles. The van der Waals surface area contributed by atoms with Crippen LogP contribution < -0.4 is 14.8 Å². The Morgan fingerprint density at radius 1 is 1.34 bits per heavy atom. The lowest BCUT2D eigenvalue weighted by Crippen LogP contribution is -2.55. The number of fused-ring (bicyclic) bond motifs is 4. The van der Waals surface area contributed by atoms with Crippen molar-refractivity contribution in [2.45, 2.75) is 43.3 Å². The second-order valence-electron chi connectivity index (χ2n) is 8.39. The largest absolute Gasteiger partial charge is 0.493 e. The highest BCUT2D eigenvalue weighted by molar-refractivity contribution is 9.10. The molecule has 0 aliphatic carbocycles. The van der Waals surface area contributed by atoms with E-state index in [1.54, 1.807) is 7.11 Å². The van der Waals surface area contributed by atoms with Crippen LogP contribution >= 0.6 is 15.9 Å². The Balaban J connectivity index is 1.72. The van der Waals surface area contributed by atoms with E-state index >= 15 is 0 Å². The van der Waals surface area contributed by atoms with Crippen molar-refractivity contribution in [1.82, 2.24) is 4.90 Å². The van der Waals surface area contributed by atoms with Crippen molar-refractivity contribution in [2.24, 2.45) is 0 Å². The quantitative estimate of drug-likeness (QED) is 0.492. The first-order valence-electron chi connectivity index (χ1n) is 10.8. The lowest BCUT2D eigenvalue weighted by atomic mass is 9.77. The average molecular weight is 502 g/mol. The number of nitrogens with one attached hydrogen (secondary N) is 1.